The third kappa shape index (κ3) is 2.60. The first kappa shape index (κ1) is 12.9. The summed E-state index contributed by atoms with van der Waals surface area (Å²) in [7, 11) is 0. The maximum Gasteiger partial charge on any atom is 0.186 e. The molecule has 21 heavy (non-hydrogen) atoms. The van der Waals surface area contributed by atoms with Crippen molar-refractivity contribution in [1.82, 2.24) is 15.0 Å². The summed E-state index contributed by atoms with van der Waals surface area (Å²) in [4.78, 5) is 0. The Balaban J connectivity index is 2.04. The topological polar surface area (TPSA) is 74.7 Å². The van der Waals surface area contributed by atoms with Crippen molar-refractivity contribution in [1.29, 1.82) is 5.26 Å². The van der Waals surface area contributed by atoms with Crippen LogP contribution in [0.25, 0.3) is 5.69 Å². The second-order valence-electron chi connectivity index (χ2n) is 4.59. The summed E-state index contributed by atoms with van der Waals surface area (Å²) in [5.41, 5.74) is 2.88. The molecular formula is C16H12N4O. The SMILES string of the molecule is N#Cc1nnn(-c2ccc(O)cc2)c1Cc1ccccc1. The lowest BCUT2D eigenvalue weighted by atomic mass is 10.1. The number of nitrogens with zero attached hydrogens (tertiary/aromatic N) is 4. The van der Waals surface area contributed by atoms with Gasteiger partial charge in [0.15, 0.2) is 5.69 Å². The smallest absolute Gasteiger partial charge is 0.186 e. The molecule has 1 N–H and O–H groups in total. The Labute approximate surface area is 121 Å². The molecule has 0 aliphatic rings. The Bertz CT molecular complexity index is 785. The van der Waals surface area contributed by atoms with Crippen LogP contribution < -0.4 is 0 Å². The minimum Gasteiger partial charge on any atom is -0.508 e. The van der Waals surface area contributed by atoms with Crippen LogP contribution in [0.1, 0.15) is 17.0 Å². The van der Waals surface area contributed by atoms with Crippen molar-refractivity contribution in [2.75, 3.05) is 0 Å². The summed E-state index contributed by atoms with van der Waals surface area (Å²) in [6, 6.07) is 18.6. The molecule has 0 aliphatic carbocycles. The van der Waals surface area contributed by atoms with E-state index in [9.17, 15) is 10.4 Å². The zero-order valence-corrected chi connectivity index (χ0v) is 11.1. The number of phenolic OH excluding ortho intramolecular Hbond substituents is 1. The van der Waals surface area contributed by atoms with E-state index in [1.165, 1.54) is 0 Å². The van der Waals surface area contributed by atoms with Crippen molar-refractivity contribution in [3.05, 3.63) is 71.5 Å². The lowest BCUT2D eigenvalue weighted by Crippen LogP contribution is -2.04. The van der Waals surface area contributed by atoms with Gasteiger partial charge in [-0.1, -0.05) is 35.5 Å². The van der Waals surface area contributed by atoms with Crippen LogP contribution in [0.3, 0.4) is 0 Å². The maximum absolute atomic E-state index is 9.36. The fourth-order valence-electron chi connectivity index (χ4n) is 2.14. The molecule has 5 heteroatoms. The van der Waals surface area contributed by atoms with Crippen LogP contribution >= 0.6 is 0 Å². The van der Waals surface area contributed by atoms with Crippen molar-refractivity contribution >= 4 is 0 Å². The lowest BCUT2D eigenvalue weighted by molar-refractivity contribution is 0.475. The van der Waals surface area contributed by atoms with E-state index in [1.807, 2.05) is 30.3 Å². The van der Waals surface area contributed by atoms with Crippen LogP contribution in [-0.2, 0) is 6.42 Å². The molecule has 2 aromatic carbocycles. The van der Waals surface area contributed by atoms with E-state index in [4.69, 9.17) is 0 Å². The first-order valence-electron chi connectivity index (χ1n) is 6.46. The molecule has 0 radical (unpaired) electrons. The number of nitriles is 1. The highest BCUT2D eigenvalue weighted by Gasteiger charge is 2.14. The number of rotatable bonds is 3. The van der Waals surface area contributed by atoms with Crippen molar-refractivity contribution < 1.29 is 5.11 Å². The van der Waals surface area contributed by atoms with Crippen molar-refractivity contribution in [2.24, 2.45) is 0 Å². The zero-order valence-electron chi connectivity index (χ0n) is 11.1. The number of benzene rings is 2. The fraction of sp³-hybridized carbons (Fsp3) is 0.0625. The summed E-state index contributed by atoms with van der Waals surface area (Å²) in [5, 5.41) is 26.5. The van der Waals surface area contributed by atoms with Crippen LogP contribution in [0, 0.1) is 11.3 Å². The van der Waals surface area contributed by atoms with E-state index in [0.717, 1.165) is 16.9 Å². The van der Waals surface area contributed by atoms with Gasteiger partial charge in [0.2, 0.25) is 0 Å². The summed E-state index contributed by atoms with van der Waals surface area (Å²) >= 11 is 0. The Kier molecular flexibility index (Phi) is 3.36. The highest BCUT2D eigenvalue weighted by molar-refractivity contribution is 5.41. The Morgan fingerprint density at radius 2 is 1.76 bits per heavy atom. The largest absolute Gasteiger partial charge is 0.508 e. The first-order valence-corrected chi connectivity index (χ1v) is 6.46. The van der Waals surface area contributed by atoms with Gasteiger partial charge >= 0.3 is 0 Å². The van der Waals surface area contributed by atoms with Gasteiger partial charge in [0.05, 0.1) is 11.4 Å². The molecular weight excluding hydrogens is 264 g/mol. The lowest BCUT2D eigenvalue weighted by Gasteiger charge is -2.07. The molecule has 0 fully saturated rings. The van der Waals surface area contributed by atoms with E-state index in [2.05, 4.69) is 16.4 Å². The van der Waals surface area contributed by atoms with Gasteiger partial charge in [0, 0.05) is 6.42 Å². The van der Waals surface area contributed by atoms with E-state index in [-0.39, 0.29) is 5.75 Å². The molecule has 1 heterocycles. The van der Waals surface area contributed by atoms with Gasteiger partial charge < -0.3 is 5.11 Å². The first-order chi connectivity index (χ1) is 10.3. The number of aromatic nitrogens is 3. The molecule has 3 rings (SSSR count). The van der Waals surface area contributed by atoms with Crippen molar-refractivity contribution in [3.63, 3.8) is 0 Å². The molecule has 3 aromatic rings. The number of phenols is 1. The summed E-state index contributed by atoms with van der Waals surface area (Å²) < 4.78 is 1.63. The minimum absolute atomic E-state index is 0.184. The van der Waals surface area contributed by atoms with Gasteiger partial charge in [-0.3, -0.25) is 0 Å². The predicted molar refractivity (Wildman–Crippen MR) is 77.0 cm³/mol. The number of hydrogen-bond donors (Lipinski definition) is 1. The standard InChI is InChI=1S/C16H12N4O/c17-11-15-16(10-12-4-2-1-3-5-12)20(19-18-15)13-6-8-14(21)9-7-13/h1-9,21H,10H2. The van der Waals surface area contributed by atoms with Gasteiger partial charge in [0.1, 0.15) is 11.8 Å². The molecule has 0 saturated carbocycles. The summed E-state index contributed by atoms with van der Waals surface area (Å²) in [5.74, 6) is 0.184. The van der Waals surface area contributed by atoms with Crippen molar-refractivity contribution in [3.8, 4) is 17.5 Å². The predicted octanol–water partition coefficient (Wildman–Crippen LogP) is 2.44. The van der Waals surface area contributed by atoms with Crippen LogP contribution in [0.2, 0.25) is 0 Å². The maximum atomic E-state index is 9.36. The number of hydrogen-bond acceptors (Lipinski definition) is 4. The van der Waals surface area contributed by atoms with Gasteiger partial charge in [-0.25, -0.2) is 4.68 Å². The third-order valence-corrected chi connectivity index (χ3v) is 3.18. The van der Waals surface area contributed by atoms with Crippen LogP contribution in [-0.4, -0.2) is 20.1 Å². The fourth-order valence-corrected chi connectivity index (χ4v) is 2.14. The molecule has 1 aromatic heterocycles. The van der Waals surface area contributed by atoms with Crippen LogP contribution in [0.5, 0.6) is 5.75 Å². The summed E-state index contributed by atoms with van der Waals surface area (Å²) in [6.07, 6.45) is 0.567. The van der Waals surface area contributed by atoms with E-state index in [1.54, 1.807) is 28.9 Å². The highest BCUT2D eigenvalue weighted by atomic mass is 16.3. The molecule has 0 spiro atoms. The van der Waals surface area contributed by atoms with E-state index in [0.29, 0.717) is 12.1 Å². The van der Waals surface area contributed by atoms with Crippen LogP contribution in [0.4, 0.5) is 0 Å². The average Bonchev–Trinajstić information content (AvgIpc) is 2.92. The second kappa shape index (κ2) is 5.47. The van der Waals surface area contributed by atoms with Crippen molar-refractivity contribution in [2.45, 2.75) is 6.42 Å². The highest BCUT2D eigenvalue weighted by Crippen LogP contribution is 2.18. The van der Waals surface area contributed by atoms with Gasteiger partial charge in [-0.05, 0) is 29.8 Å². The van der Waals surface area contributed by atoms with Crippen LogP contribution in [0.15, 0.2) is 54.6 Å². The van der Waals surface area contributed by atoms with E-state index >= 15 is 0 Å². The normalized spacial score (nSPS) is 10.2. The Hall–Kier alpha value is -3.13. The Morgan fingerprint density at radius 3 is 2.43 bits per heavy atom. The number of aromatic hydroxyl groups is 1. The molecule has 0 saturated heterocycles. The quantitative estimate of drug-likeness (QED) is 0.797. The van der Waals surface area contributed by atoms with Gasteiger partial charge in [0.25, 0.3) is 0 Å². The van der Waals surface area contributed by atoms with Gasteiger partial charge in [-0.15, -0.1) is 5.10 Å². The van der Waals surface area contributed by atoms with E-state index < -0.39 is 0 Å². The molecule has 102 valence electrons. The molecule has 0 unspecified atom stereocenters. The Morgan fingerprint density at radius 1 is 1.05 bits per heavy atom. The second-order valence-corrected chi connectivity index (χ2v) is 4.59. The third-order valence-electron chi connectivity index (χ3n) is 3.18. The molecule has 0 atom stereocenters. The van der Waals surface area contributed by atoms with Gasteiger partial charge in [-0.2, -0.15) is 5.26 Å². The monoisotopic (exact) mass is 276 g/mol. The zero-order chi connectivity index (χ0) is 14.7. The average molecular weight is 276 g/mol. The molecule has 0 aliphatic heterocycles. The minimum atomic E-state index is 0.184. The molecule has 0 amide bonds. The molecule has 5 nitrogen and oxygen atoms in total. The summed E-state index contributed by atoms with van der Waals surface area (Å²) in [6.45, 7) is 0. The molecule has 0 bridgehead atoms.